The Morgan fingerprint density at radius 2 is 1.86 bits per heavy atom. The van der Waals surface area contributed by atoms with E-state index in [4.69, 9.17) is 9.47 Å². The average Bonchev–Trinajstić information content (AvgIpc) is 2.97. The fourth-order valence-electron chi connectivity index (χ4n) is 2.74. The maximum absolute atomic E-state index is 12.7. The van der Waals surface area contributed by atoms with Crippen LogP contribution in [0.15, 0.2) is 52.0 Å². The SMILES string of the molecule is C[Si](C)(C)CCOCn1ncc2c(cc(Br)n2COCc2ccccc2)c1=O. The molecule has 0 radical (unpaired) electrons. The fraction of sp³-hybridized carbons (Fsp3) is 0.400. The number of ether oxygens (including phenoxy) is 2. The Kier molecular flexibility index (Phi) is 6.87. The van der Waals surface area contributed by atoms with Crippen LogP contribution < -0.4 is 5.56 Å². The number of aromatic nitrogens is 3. The van der Waals surface area contributed by atoms with Crippen molar-refractivity contribution >= 4 is 34.9 Å². The summed E-state index contributed by atoms with van der Waals surface area (Å²) >= 11 is 3.52. The van der Waals surface area contributed by atoms with E-state index in [1.165, 1.54) is 4.68 Å². The maximum atomic E-state index is 12.7. The molecule has 2 aromatic heterocycles. The molecule has 0 saturated heterocycles. The number of fused-ring (bicyclic) bond motifs is 1. The molecule has 0 bridgehead atoms. The van der Waals surface area contributed by atoms with E-state index in [1.54, 1.807) is 6.20 Å². The largest absolute Gasteiger partial charge is 0.359 e. The van der Waals surface area contributed by atoms with Crippen LogP contribution in [0, 0.1) is 0 Å². The first-order valence-corrected chi connectivity index (χ1v) is 13.8. The van der Waals surface area contributed by atoms with E-state index in [-0.39, 0.29) is 12.3 Å². The molecule has 0 N–H and O–H groups in total. The number of nitrogens with zero attached hydrogens (tertiary/aromatic N) is 3. The lowest BCUT2D eigenvalue weighted by atomic mass is 10.2. The van der Waals surface area contributed by atoms with Crippen molar-refractivity contribution in [2.45, 2.75) is 45.8 Å². The maximum Gasteiger partial charge on any atom is 0.278 e. The quantitative estimate of drug-likeness (QED) is 0.347. The fourth-order valence-corrected chi connectivity index (χ4v) is 4.02. The van der Waals surface area contributed by atoms with Gasteiger partial charge in [-0.2, -0.15) is 5.10 Å². The molecule has 150 valence electrons. The highest BCUT2D eigenvalue weighted by Crippen LogP contribution is 2.21. The highest BCUT2D eigenvalue weighted by molar-refractivity contribution is 9.10. The molecule has 1 aromatic carbocycles. The van der Waals surface area contributed by atoms with Crippen molar-refractivity contribution in [2.24, 2.45) is 0 Å². The summed E-state index contributed by atoms with van der Waals surface area (Å²) in [4.78, 5) is 12.7. The molecule has 0 atom stereocenters. The normalized spacial score (nSPS) is 12.0. The Bertz CT molecular complexity index is 980. The predicted octanol–water partition coefficient (Wildman–Crippen LogP) is 4.45. The molecule has 0 saturated carbocycles. The van der Waals surface area contributed by atoms with Crippen LogP contribution in [0.25, 0.3) is 10.9 Å². The minimum atomic E-state index is -1.15. The summed E-state index contributed by atoms with van der Waals surface area (Å²) in [5.41, 5.74) is 1.68. The molecule has 6 nitrogen and oxygen atoms in total. The van der Waals surface area contributed by atoms with Gasteiger partial charge in [0.2, 0.25) is 0 Å². The number of hydrogen-bond donors (Lipinski definition) is 0. The Morgan fingerprint density at radius 3 is 2.57 bits per heavy atom. The van der Waals surface area contributed by atoms with E-state index >= 15 is 0 Å². The van der Waals surface area contributed by atoms with Crippen LogP contribution in [0.4, 0.5) is 0 Å². The van der Waals surface area contributed by atoms with Crippen molar-refractivity contribution in [3.8, 4) is 0 Å². The van der Waals surface area contributed by atoms with E-state index in [9.17, 15) is 4.79 Å². The van der Waals surface area contributed by atoms with Gasteiger partial charge in [0.05, 0.1) is 28.3 Å². The van der Waals surface area contributed by atoms with Gasteiger partial charge in [-0.1, -0.05) is 50.0 Å². The summed E-state index contributed by atoms with van der Waals surface area (Å²) in [7, 11) is -1.15. The van der Waals surface area contributed by atoms with Crippen LogP contribution in [0.1, 0.15) is 5.56 Å². The zero-order chi connectivity index (χ0) is 20.1. The summed E-state index contributed by atoms with van der Waals surface area (Å²) in [5, 5.41) is 4.87. The molecule has 8 heteroatoms. The third-order valence-corrected chi connectivity index (χ3v) is 6.78. The molecule has 0 aliphatic carbocycles. The lowest BCUT2D eigenvalue weighted by Crippen LogP contribution is -2.26. The standard InChI is InChI=1S/C20H26BrN3O3Si/c1-28(2,3)10-9-26-15-24-20(25)17-11-19(21)23(18(17)12-22-24)14-27-13-16-7-5-4-6-8-16/h4-8,11-12H,9-10,13-15H2,1-3H3. The van der Waals surface area contributed by atoms with E-state index < -0.39 is 8.07 Å². The van der Waals surface area contributed by atoms with Gasteiger partial charge in [-0.3, -0.25) is 4.79 Å². The van der Waals surface area contributed by atoms with Gasteiger partial charge in [0.15, 0.2) is 0 Å². The summed E-state index contributed by atoms with van der Waals surface area (Å²) in [6.45, 7) is 8.55. The number of halogens is 1. The summed E-state index contributed by atoms with van der Waals surface area (Å²) < 4.78 is 15.5. The molecule has 0 aliphatic heterocycles. The second-order valence-electron chi connectivity index (χ2n) is 7.95. The molecule has 3 rings (SSSR count). The van der Waals surface area contributed by atoms with Crippen LogP contribution in [0.2, 0.25) is 25.7 Å². The molecule has 28 heavy (non-hydrogen) atoms. The van der Waals surface area contributed by atoms with Crippen LogP contribution in [-0.2, 0) is 29.5 Å². The van der Waals surface area contributed by atoms with Crippen LogP contribution in [0.3, 0.4) is 0 Å². The van der Waals surface area contributed by atoms with Gasteiger partial charge in [-0.15, -0.1) is 0 Å². The first kappa shape index (κ1) is 21.0. The number of benzene rings is 1. The highest BCUT2D eigenvalue weighted by Gasteiger charge is 2.14. The molecule has 0 fully saturated rings. The van der Waals surface area contributed by atoms with Crippen LogP contribution >= 0.6 is 15.9 Å². The topological polar surface area (TPSA) is 58.3 Å². The molecule has 0 amide bonds. The van der Waals surface area contributed by atoms with Crippen molar-refractivity contribution in [1.82, 2.24) is 14.3 Å². The van der Waals surface area contributed by atoms with E-state index in [1.807, 2.05) is 41.0 Å². The Balaban J connectivity index is 1.67. The van der Waals surface area contributed by atoms with Crippen LogP contribution in [0.5, 0.6) is 0 Å². The van der Waals surface area contributed by atoms with Crippen molar-refractivity contribution in [1.29, 1.82) is 0 Å². The van der Waals surface area contributed by atoms with Crippen LogP contribution in [-0.4, -0.2) is 29.0 Å². The smallest absolute Gasteiger partial charge is 0.278 e. The third-order valence-electron chi connectivity index (χ3n) is 4.41. The first-order chi connectivity index (χ1) is 13.3. The minimum Gasteiger partial charge on any atom is -0.359 e. The van der Waals surface area contributed by atoms with E-state index in [0.29, 0.717) is 25.3 Å². The zero-order valence-corrected chi connectivity index (χ0v) is 19.1. The van der Waals surface area contributed by atoms with Gasteiger partial charge in [-0.25, -0.2) is 4.68 Å². The number of hydrogen-bond acceptors (Lipinski definition) is 4. The Hall–Kier alpha value is -1.74. The lowest BCUT2D eigenvalue weighted by Gasteiger charge is -2.15. The average molecular weight is 464 g/mol. The zero-order valence-electron chi connectivity index (χ0n) is 16.5. The molecular formula is C20H26BrN3O3Si. The van der Waals surface area contributed by atoms with Gasteiger partial charge in [-0.05, 0) is 33.6 Å². The summed E-state index contributed by atoms with van der Waals surface area (Å²) in [5.74, 6) is 0. The molecule has 0 aliphatic rings. The van der Waals surface area contributed by atoms with Gasteiger partial charge in [0, 0.05) is 14.7 Å². The van der Waals surface area contributed by atoms with Gasteiger partial charge in [0.25, 0.3) is 5.56 Å². The van der Waals surface area contributed by atoms with Crippen molar-refractivity contribution in [2.75, 3.05) is 6.61 Å². The van der Waals surface area contributed by atoms with Crippen molar-refractivity contribution < 1.29 is 9.47 Å². The molecule has 0 spiro atoms. The van der Waals surface area contributed by atoms with E-state index in [0.717, 1.165) is 21.7 Å². The monoisotopic (exact) mass is 463 g/mol. The highest BCUT2D eigenvalue weighted by atomic mass is 79.9. The van der Waals surface area contributed by atoms with E-state index in [2.05, 4.69) is 40.7 Å². The molecule has 3 aromatic rings. The Labute approximate surface area is 174 Å². The van der Waals surface area contributed by atoms with Crippen molar-refractivity contribution in [3.63, 3.8) is 0 Å². The minimum absolute atomic E-state index is 0.159. The number of rotatable bonds is 9. The Morgan fingerprint density at radius 1 is 1.11 bits per heavy atom. The summed E-state index contributed by atoms with van der Waals surface area (Å²) in [6.07, 6.45) is 1.69. The first-order valence-electron chi connectivity index (χ1n) is 9.29. The second-order valence-corrected chi connectivity index (χ2v) is 14.4. The summed E-state index contributed by atoms with van der Waals surface area (Å²) in [6, 6.07) is 12.9. The second kappa shape index (κ2) is 9.17. The molecular weight excluding hydrogens is 438 g/mol. The van der Waals surface area contributed by atoms with Gasteiger partial charge < -0.3 is 14.0 Å². The molecule has 0 unspecified atom stereocenters. The lowest BCUT2D eigenvalue weighted by molar-refractivity contribution is 0.0652. The predicted molar refractivity (Wildman–Crippen MR) is 117 cm³/mol. The third kappa shape index (κ3) is 5.41. The van der Waals surface area contributed by atoms with Gasteiger partial charge >= 0.3 is 0 Å². The van der Waals surface area contributed by atoms with Crippen molar-refractivity contribution in [3.05, 3.63) is 63.1 Å². The van der Waals surface area contributed by atoms with Gasteiger partial charge in [0.1, 0.15) is 13.5 Å². The molecule has 2 heterocycles.